The van der Waals surface area contributed by atoms with Crippen LogP contribution in [0.25, 0.3) is 0 Å². The Balaban J connectivity index is 2.02. The highest BCUT2D eigenvalue weighted by Crippen LogP contribution is 2.44. The van der Waals surface area contributed by atoms with Gasteiger partial charge in [-0.15, -0.1) is 0 Å². The first kappa shape index (κ1) is 13.2. The van der Waals surface area contributed by atoms with Crippen LogP contribution in [0.4, 0.5) is 0 Å². The van der Waals surface area contributed by atoms with Gasteiger partial charge < -0.3 is 4.74 Å². The number of rotatable bonds is 4. The second-order valence-electron chi connectivity index (χ2n) is 6.24. The molecule has 1 unspecified atom stereocenters. The summed E-state index contributed by atoms with van der Waals surface area (Å²) in [5.74, 6) is 0.871. The zero-order chi connectivity index (χ0) is 13.2. The van der Waals surface area contributed by atoms with Crippen LogP contribution in [0.5, 0.6) is 0 Å². The Morgan fingerprint density at radius 3 is 2.63 bits per heavy atom. The van der Waals surface area contributed by atoms with E-state index in [-0.39, 0.29) is 0 Å². The topological polar surface area (TPSA) is 9.23 Å². The van der Waals surface area contributed by atoms with Crippen LogP contribution in [-0.4, -0.2) is 7.11 Å². The average Bonchev–Trinajstić information content (AvgIpc) is 3.25. The van der Waals surface area contributed by atoms with Gasteiger partial charge in [-0.3, -0.25) is 0 Å². The molecule has 1 saturated carbocycles. The highest BCUT2D eigenvalue weighted by atomic mass is 16.5. The average molecular weight is 258 g/mol. The Morgan fingerprint density at radius 1 is 1.11 bits per heavy atom. The molecule has 1 fully saturated rings. The quantitative estimate of drug-likeness (QED) is 0.696. The number of benzene rings is 1. The minimum absolute atomic E-state index is 0.335. The van der Waals surface area contributed by atoms with Crippen molar-refractivity contribution in [3.63, 3.8) is 0 Å². The predicted octanol–water partition coefficient (Wildman–Crippen LogP) is 4.93. The molecule has 0 N–H and O–H groups in total. The molecule has 0 aliphatic heterocycles. The molecule has 0 bridgehead atoms. The molecule has 2 aliphatic rings. The van der Waals surface area contributed by atoms with E-state index in [2.05, 4.69) is 19.1 Å². The smallest absolute Gasteiger partial charge is 0.0823 e. The monoisotopic (exact) mass is 258 g/mol. The molecule has 1 aromatic rings. The fraction of sp³-hybridized carbons (Fsp3) is 0.667. The Kier molecular flexibility index (Phi) is 3.93. The zero-order valence-electron chi connectivity index (χ0n) is 12.4. The molecule has 0 radical (unpaired) electrons. The van der Waals surface area contributed by atoms with E-state index in [0.717, 1.165) is 5.92 Å². The van der Waals surface area contributed by atoms with Gasteiger partial charge in [-0.25, -0.2) is 0 Å². The number of fused-ring (bicyclic) bond motifs is 1. The fourth-order valence-corrected chi connectivity index (χ4v) is 3.55. The van der Waals surface area contributed by atoms with Crippen molar-refractivity contribution in [2.45, 2.75) is 70.3 Å². The fourth-order valence-electron chi connectivity index (χ4n) is 3.55. The molecular formula is C18H26O. The zero-order valence-corrected chi connectivity index (χ0v) is 12.4. The molecule has 0 aromatic heterocycles. The minimum Gasteiger partial charge on any atom is -0.377 e. The third-order valence-electron chi connectivity index (χ3n) is 4.73. The molecule has 1 heteroatoms. The van der Waals surface area contributed by atoms with Crippen LogP contribution >= 0.6 is 0 Å². The standard InChI is InChI=1S/C18H26O/c1-3-6-14-12-17-15(11-16(14)13-9-10-13)7-4-5-8-18(17)19-2/h11-13,18H,3-10H2,1-2H3. The normalized spacial score (nSPS) is 22.9. The van der Waals surface area contributed by atoms with E-state index in [1.165, 1.54) is 56.9 Å². The van der Waals surface area contributed by atoms with Crippen molar-refractivity contribution in [1.29, 1.82) is 0 Å². The Bertz CT molecular complexity index is 445. The van der Waals surface area contributed by atoms with Crippen LogP contribution in [0.3, 0.4) is 0 Å². The SMILES string of the molecule is CCCc1cc2c(cc1C1CC1)CCCCC2OC. The summed E-state index contributed by atoms with van der Waals surface area (Å²) < 4.78 is 5.75. The first-order chi connectivity index (χ1) is 9.33. The molecule has 0 saturated heterocycles. The van der Waals surface area contributed by atoms with Crippen LogP contribution in [0.15, 0.2) is 12.1 Å². The largest absolute Gasteiger partial charge is 0.377 e. The van der Waals surface area contributed by atoms with E-state index in [9.17, 15) is 0 Å². The van der Waals surface area contributed by atoms with E-state index in [1.54, 1.807) is 16.7 Å². The summed E-state index contributed by atoms with van der Waals surface area (Å²) >= 11 is 0. The maximum Gasteiger partial charge on any atom is 0.0823 e. The van der Waals surface area contributed by atoms with E-state index in [1.807, 2.05) is 7.11 Å². The summed E-state index contributed by atoms with van der Waals surface area (Å²) in [6, 6.07) is 5.03. The summed E-state index contributed by atoms with van der Waals surface area (Å²) in [5.41, 5.74) is 6.34. The van der Waals surface area contributed by atoms with Gasteiger partial charge in [0.2, 0.25) is 0 Å². The third-order valence-corrected chi connectivity index (χ3v) is 4.73. The van der Waals surface area contributed by atoms with E-state index in [0.29, 0.717) is 6.10 Å². The number of hydrogen-bond donors (Lipinski definition) is 0. The van der Waals surface area contributed by atoms with Gasteiger partial charge in [0, 0.05) is 7.11 Å². The summed E-state index contributed by atoms with van der Waals surface area (Å²) in [7, 11) is 1.87. The number of ether oxygens (including phenoxy) is 1. The van der Waals surface area contributed by atoms with Gasteiger partial charge in [-0.05, 0) is 66.7 Å². The molecule has 0 heterocycles. The molecule has 1 atom stereocenters. The molecule has 0 amide bonds. The van der Waals surface area contributed by atoms with Gasteiger partial charge in [0.15, 0.2) is 0 Å². The molecule has 0 spiro atoms. The van der Waals surface area contributed by atoms with Gasteiger partial charge in [-0.2, -0.15) is 0 Å². The van der Waals surface area contributed by atoms with Crippen molar-refractivity contribution in [3.05, 3.63) is 34.4 Å². The van der Waals surface area contributed by atoms with Crippen LogP contribution in [0.1, 0.15) is 79.7 Å². The number of aryl methyl sites for hydroxylation is 2. The van der Waals surface area contributed by atoms with E-state index >= 15 is 0 Å². The lowest BCUT2D eigenvalue weighted by atomic mass is 9.90. The Morgan fingerprint density at radius 2 is 1.95 bits per heavy atom. The van der Waals surface area contributed by atoms with Crippen LogP contribution in [-0.2, 0) is 17.6 Å². The number of hydrogen-bond acceptors (Lipinski definition) is 1. The Hall–Kier alpha value is -0.820. The van der Waals surface area contributed by atoms with Crippen molar-refractivity contribution in [2.24, 2.45) is 0 Å². The lowest BCUT2D eigenvalue weighted by Gasteiger charge is -2.20. The van der Waals surface area contributed by atoms with E-state index in [4.69, 9.17) is 4.74 Å². The van der Waals surface area contributed by atoms with Crippen LogP contribution < -0.4 is 0 Å². The van der Waals surface area contributed by atoms with Crippen LogP contribution in [0, 0.1) is 0 Å². The second-order valence-corrected chi connectivity index (χ2v) is 6.24. The van der Waals surface area contributed by atoms with Gasteiger partial charge in [0.25, 0.3) is 0 Å². The van der Waals surface area contributed by atoms with Crippen molar-refractivity contribution in [1.82, 2.24) is 0 Å². The molecule has 3 rings (SSSR count). The molecule has 19 heavy (non-hydrogen) atoms. The summed E-state index contributed by atoms with van der Waals surface area (Å²) in [4.78, 5) is 0. The summed E-state index contributed by atoms with van der Waals surface area (Å²) in [6.07, 6.45) is 10.7. The molecule has 2 aliphatic carbocycles. The van der Waals surface area contributed by atoms with E-state index < -0.39 is 0 Å². The summed E-state index contributed by atoms with van der Waals surface area (Å²) in [5, 5.41) is 0. The minimum atomic E-state index is 0.335. The maximum absolute atomic E-state index is 5.75. The van der Waals surface area contributed by atoms with Crippen molar-refractivity contribution in [3.8, 4) is 0 Å². The molecular weight excluding hydrogens is 232 g/mol. The lowest BCUT2D eigenvalue weighted by Crippen LogP contribution is -2.06. The van der Waals surface area contributed by atoms with Crippen molar-refractivity contribution >= 4 is 0 Å². The molecule has 1 aromatic carbocycles. The van der Waals surface area contributed by atoms with Gasteiger partial charge >= 0.3 is 0 Å². The van der Waals surface area contributed by atoms with Gasteiger partial charge in [0.1, 0.15) is 0 Å². The number of methoxy groups -OCH3 is 1. The summed E-state index contributed by atoms with van der Waals surface area (Å²) in [6.45, 7) is 2.29. The second kappa shape index (κ2) is 5.66. The molecule has 104 valence electrons. The highest BCUT2D eigenvalue weighted by molar-refractivity contribution is 5.43. The first-order valence-corrected chi connectivity index (χ1v) is 8.01. The first-order valence-electron chi connectivity index (χ1n) is 8.01. The predicted molar refractivity (Wildman–Crippen MR) is 79.7 cm³/mol. The molecule has 1 nitrogen and oxygen atoms in total. The van der Waals surface area contributed by atoms with Crippen molar-refractivity contribution < 1.29 is 4.74 Å². The van der Waals surface area contributed by atoms with Crippen molar-refractivity contribution in [2.75, 3.05) is 7.11 Å². The lowest BCUT2D eigenvalue weighted by molar-refractivity contribution is 0.0951. The van der Waals surface area contributed by atoms with Gasteiger partial charge in [0.05, 0.1) is 6.10 Å². The van der Waals surface area contributed by atoms with Crippen LogP contribution in [0.2, 0.25) is 0 Å². The van der Waals surface area contributed by atoms with Gasteiger partial charge in [-0.1, -0.05) is 31.9 Å². The third kappa shape index (κ3) is 2.72. The highest BCUT2D eigenvalue weighted by Gasteiger charge is 2.28. The Labute approximate surface area is 117 Å². The maximum atomic E-state index is 5.75.